The van der Waals surface area contributed by atoms with Crippen molar-refractivity contribution in [3.8, 4) is 0 Å². The molecular weight excluding hydrogens is 456 g/mol. The van der Waals surface area contributed by atoms with E-state index in [4.69, 9.17) is 4.98 Å². The van der Waals surface area contributed by atoms with Crippen LogP contribution in [0, 0.1) is 6.92 Å². The normalized spacial score (nSPS) is 14.8. The molecule has 0 saturated carbocycles. The maximum absolute atomic E-state index is 14.0. The van der Waals surface area contributed by atoms with Gasteiger partial charge < -0.3 is 10.2 Å². The van der Waals surface area contributed by atoms with E-state index in [1.54, 1.807) is 0 Å². The molecule has 0 unspecified atom stereocenters. The Morgan fingerprint density at radius 3 is 2.14 bits per heavy atom. The van der Waals surface area contributed by atoms with Gasteiger partial charge in [-0.05, 0) is 60.4 Å². The SMILES string of the molecule is Cc1cccc(CN(C(=O)Nc2c(C(C)C)cccc2C(C)C)C2CCN(Cc3ccccc3)CC2)n1. The van der Waals surface area contributed by atoms with E-state index < -0.39 is 0 Å². The van der Waals surface area contributed by atoms with Crippen LogP contribution < -0.4 is 5.32 Å². The highest BCUT2D eigenvalue weighted by molar-refractivity contribution is 5.91. The van der Waals surface area contributed by atoms with Gasteiger partial charge in [0.15, 0.2) is 0 Å². The number of likely N-dealkylation sites (tertiary alicyclic amines) is 1. The first-order valence-corrected chi connectivity index (χ1v) is 13.7. The number of hydrogen-bond donors (Lipinski definition) is 1. The van der Waals surface area contributed by atoms with Gasteiger partial charge in [-0.15, -0.1) is 0 Å². The number of carbonyl (C=O) groups is 1. The molecule has 0 atom stereocenters. The van der Waals surface area contributed by atoms with Crippen molar-refractivity contribution >= 4 is 11.7 Å². The predicted octanol–water partition coefficient (Wildman–Crippen LogP) is 7.34. The van der Waals surface area contributed by atoms with E-state index >= 15 is 0 Å². The van der Waals surface area contributed by atoms with Gasteiger partial charge in [0, 0.05) is 37.1 Å². The van der Waals surface area contributed by atoms with Crippen LogP contribution in [0.25, 0.3) is 0 Å². The number of carbonyl (C=O) groups excluding carboxylic acids is 1. The molecule has 2 heterocycles. The Bertz CT molecular complexity index is 1140. The molecule has 1 saturated heterocycles. The summed E-state index contributed by atoms with van der Waals surface area (Å²) in [6, 6.07) is 23.2. The van der Waals surface area contributed by atoms with Gasteiger partial charge in [-0.3, -0.25) is 9.88 Å². The van der Waals surface area contributed by atoms with Crippen molar-refractivity contribution in [2.45, 2.75) is 78.4 Å². The molecule has 0 radical (unpaired) electrons. The number of rotatable bonds is 8. The number of piperidine rings is 1. The Morgan fingerprint density at radius 1 is 0.919 bits per heavy atom. The first kappa shape index (κ1) is 26.9. The van der Waals surface area contributed by atoms with Crippen molar-refractivity contribution in [2.24, 2.45) is 0 Å². The lowest BCUT2D eigenvalue weighted by molar-refractivity contribution is 0.119. The van der Waals surface area contributed by atoms with E-state index in [0.717, 1.165) is 49.6 Å². The van der Waals surface area contributed by atoms with Crippen molar-refractivity contribution in [1.29, 1.82) is 0 Å². The summed E-state index contributed by atoms with van der Waals surface area (Å²) in [5.41, 5.74) is 6.59. The number of benzene rings is 2. The molecular formula is C32H42N4O. The van der Waals surface area contributed by atoms with Crippen molar-refractivity contribution in [2.75, 3.05) is 18.4 Å². The second-order valence-electron chi connectivity index (χ2n) is 10.9. The number of urea groups is 1. The fourth-order valence-corrected chi connectivity index (χ4v) is 5.33. The second kappa shape index (κ2) is 12.4. The Hall–Kier alpha value is -3.18. The van der Waals surface area contributed by atoms with E-state index in [9.17, 15) is 4.79 Å². The summed E-state index contributed by atoms with van der Waals surface area (Å²) in [4.78, 5) is 23.3. The molecule has 1 aliphatic rings. The van der Waals surface area contributed by atoms with Crippen molar-refractivity contribution in [1.82, 2.24) is 14.8 Å². The average molecular weight is 499 g/mol. The van der Waals surface area contributed by atoms with Crippen molar-refractivity contribution in [3.05, 3.63) is 94.8 Å². The summed E-state index contributed by atoms with van der Waals surface area (Å²) in [6.07, 6.45) is 1.91. The lowest BCUT2D eigenvalue weighted by Gasteiger charge is -2.39. The standard InChI is InChI=1S/C32H42N4O/c1-23(2)29-15-10-16-30(24(3)4)31(29)34-32(37)36(22-27-14-9-11-25(5)33-27)28-17-19-35(20-18-28)21-26-12-7-6-8-13-26/h6-16,23-24,28H,17-22H2,1-5H3,(H,34,37). The van der Waals surface area contributed by atoms with Gasteiger partial charge in [0.2, 0.25) is 0 Å². The van der Waals surface area contributed by atoms with Gasteiger partial charge >= 0.3 is 6.03 Å². The minimum Gasteiger partial charge on any atom is -0.316 e. The predicted molar refractivity (Wildman–Crippen MR) is 153 cm³/mol. The minimum absolute atomic E-state index is 0.0279. The Balaban J connectivity index is 1.55. The summed E-state index contributed by atoms with van der Waals surface area (Å²) >= 11 is 0. The molecule has 5 nitrogen and oxygen atoms in total. The van der Waals surface area contributed by atoms with Crippen molar-refractivity contribution in [3.63, 3.8) is 0 Å². The van der Waals surface area contributed by atoms with Crippen LogP contribution >= 0.6 is 0 Å². The highest BCUT2D eigenvalue weighted by Gasteiger charge is 2.29. The van der Waals surface area contributed by atoms with Gasteiger partial charge in [0.1, 0.15) is 0 Å². The molecule has 1 fully saturated rings. The summed E-state index contributed by atoms with van der Waals surface area (Å²) in [5, 5.41) is 3.37. The number of nitrogens with zero attached hydrogens (tertiary/aromatic N) is 3. The van der Waals surface area contributed by atoms with Crippen LogP contribution in [0.5, 0.6) is 0 Å². The fourth-order valence-electron chi connectivity index (χ4n) is 5.33. The summed E-state index contributed by atoms with van der Waals surface area (Å²) in [7, 11) is 0. The van der Waals surface area contributed by atoms with Crippen LogP contribution in [0.1, 0.15) is 80.5 Å². The molecule has 4 rings (SSSR count). The molecule has 3 aromatic rings. The molecule has 0 bridgehead atoms. The number of para-hydroxylation sites is 1. The number of aryl methyl sites for hydroxylation is 1. The summed E-state index contributed by atoms with van der Waals surface area (Å²) in [6.45, 7) is 14.2. The van der Waals surface area contributed by atoms with Crippen LogP contribution in [0.3, 0.4) is 0 Å². The Labute approximate surface area is 222 Å². The number of amides is 2. The van der Waals surface area contributed by atoms with Crippen LogP contribution in [0.15, 0.2) is 66.7 Å². The first-order chi connectivity index (χ1) is 17.8. The molecule has 37 heavy (non-hydrogen) atoms. The van der Waals surface area contributed by atoms with Gasteiger partial charge in [-0.25, -0.2) is 4.79 Å². The number of pyridine rings is 1. The number of anilines is 1. The number of aromatic nitrogens is 1. The molecule has 1 N–H and O–H groups in total. The summed E-state index contributed by atoms with van der Waals surface area (Å²) in [5.74, 6) is 0.643. The van der Waals surface area contributed by atoms with E-state index in [2.05, 4.69) is 86.4 Å². The molecule has 0 spiro atoms. The molecule has 2 aromatic carbocycles. The molecule has 0 aliphatic carbocycles. The van der Waals surface area contributed by atoms with E-state index in [1.165, 1.54) is 16.7 Å². The molecule has 1 aromatic heterocycles. The Kier molecular flexibility index (Phi) is 8.99. The van der Waals surface area contributed by atoms with Gasteiger partial charge in [0.25, 0.3) is 0 Å². The Morgan fingerprint density at radius 2 is 1.54 bits per heavy atom. The molecule has 5 heteroatoms. The average Bonchev–Trinajstić information content (AvgIpc) is 2.88. The maximum atomic E-state index is 14.0. The van der Waals surface area contributed by atoms with Crippen LogP contribution in [0.4, 0.5) is 10.5 Å². The lowest BCUT2D eigenvalue weighted by Crippen LogP contribution is -2.48. The third kappa shape index (κ3) is 6.98. The first-order valence-electron chi connectivity index (χ1n) is 13.7. The zero-order valence-electron chi connectivity index (χ0n) is 23.1. The molecule has 1 aliphatic heterocycles. The largest absolute Gasteiger partial charge is 0.322 e. The van der Waals surface area contributed by atoms with Crippen LogP contribution in [0.2, 0.25) is 0 Å². The van der Waals surface area contributed by atoms with E-state index in [-0.39, 0.29) is 12.1 Å². The highest BCUT2D eigenvalue weighted by Crippen LogP contribution is 2.33. The van der Waals surface area contributed by atoms with Gasteiger partial charge in [0.05, 0.1) is 12.2 Å². The third-order valence-corrected chi connectivity index (χ3v) is 7.39. The van der Waals surface area contributed by atoms with Crippen LogP contribution in [-0.4, -0.2) is 39.9 Å². The third-order valence-electron chi connectivity index (χ3n) is 7.39. The minimum atomic E-state index is -0.0279. The number of hydrogen-bond acceptors (Lipinski definition) is 3. The van der Waals surface area contributed by atoms with Crippen LogP contribution in [-0.2, 0) is 13.1 Å². The quantitative estimate of drug-likeness (QED) is 0.354. The monoisotopic (exact) mass is 498 g/mol. The van der Waals surface area contributed by atoms with E-state index in [0.29, 0.717) is 18.4 Å². The maximum Gasteiger partial charge on any atom is 0.322 e. The van der Waals surface area contributed by atoms with Gasteiger partial charge in [-0.2, -0.15) is 0 Å². The highest BCUT2D eigenvalue weighted by atomic mass is 16.2. The second-order valence-corrected chi connectivity index (χ2v) is 10.9. The van der Waals surface area contributed by atoms with Gasteiger partial charge in [-0.1, -0.05) is 82.3 Å². The lowest BCUT2D eigenvalue weighted by atomic mass is 9.92. The summed E-state index contributed by atoms with van der Waals surface area (Å²) < 4.78 is 0. The molecule has 196 valence electrons. The zero-order chi connectivity index (χ0) is 26.4. The zero-order valence-corrected chi connectivity index (χ0v) is 23.1. The van der Waals surface area contributed by atoms with E-state index in [1.807, 2.05) is 30.0 Å². The van der Waals surface area contributed by atoms with Crippen molar-refractivity contribution < 1.29 is 4.79 Å². The number of nitrogens with one attached hydrogen (secondary N) is 1. The molecule has 2 amide bonds. The topological polar surface area (TPSA) is 48.5 Å². The smallest absolute Gasteiger partial charge is 0.316 e. The fraction of sp³-hybridized carbons (Fsp3) is 0.438.